The number of methoxy groups -OCH3 is 2. The Morgan fingerprint density at radius 3 is 2.51 bits per heavy atom. The van der Waals surface area contributed by atoms with Crippen molar-refractivity contribution in [2.24, 2.45) is 0 Å². The number of anilines is 1. The third-order valence-electron chi connectivity index (χ3n) is 8.40. The highest BCUT2D eigenvalue weighted by Gasteiger charge is 2.39. The van der Waals surface area contributed by atoms with Crippen LogP contribution >= 0.6 is 0 Å². The SMILES string of the molecule is COc1cc(NC(=O)NCc2ccc3c(c2)CN(C2CCC(=O)NC2=O)C3=O)c2ccc3cccc4cc(OC)c1c2c34. The van der Waals surface area contributed by atoms with E-state index in [0.717, 1.165) is 43.4 Å². The first-order valence-corrected chi connectivity index (χ1v) is 14.0. The molecule has 1 saturated heterocycles. The standard InChI is InChI=1S/C33H28N4O6/c1-42-25-13-19-5-3-4-18-7-9-22-23(14-26(43-2)30(25)29(22)28(18)19)35-33(41)34-15-17-6-8-21-20(12-17)16-37(32(21)40)24-10-11-27(38)36-31(24)39/h3-9,12-14,24H,10-11,15-16H2,1-2H3,(H2,34,35,41)(H,36,38,39). The molecule has 0 bridgehead atoms. The quantitative estimate of drug-likeness (QED) is 0.199. The molecule has 1 unspecified atom stereocenters. The number of rotatable bonds is 6. The molecule has 2 aliphatic heterocycles. The molecule has 5 aromatic carbocycles. The molecule has 216 valence electrons. The number of benzene rings is 5. The molecule has 0 saturated carbocycles. The molecule has 5 aromatic rings. The Labute approximate surface area is 246 Å². The first kappa shape index (κ1) is 26.5. The van der Waals surface area contributed by atoms with Gasteiger partial charge in [-0.2, -0.15) is 0 Å². The zero-order chi connectivity index (χ0) is 29.8. The van der Waals surface area contributed by atoms with Gasteiger partial charge in [0.15, 0.2) is 0 Å². The van der Waals surface area contributed by atoms with Crippen LogP contribution < -0.4 is 25.4 Å². The van der Waals surface area contributed by atoms with Crippen molar-refractivity contribution in [2.45, 2.75) is 32.0 Å². The number of piperidine rings is 1. The van der Waals surface area contributed by atoms with Crippen LogP contribution in [0.3, 0.4) is 0 Å². The van der Waals surface area contributed by atoms with Gasteiger partial charge in [0.2, 0.25) is 11.8 Å². The van der Waals surface area contributed by atoms with Gasteiger partial charge in [-0.1, -0.05) is 42.5 Å². The minimum atomic E-state index is -0.674. The molecule has 0 radical (unpaired) electrons. The van der Waals surface area contributed by atoms with E-state index in [4.69, 9.17) is 9.47 Å². The van der Waals surface area contributed by atoms with Crippen LogP contribution in [-0.4, -0.2) is 48.9 Å². The first-order valence-electron chi connectivity index (χ1n) is 14.0. The monoisotopic (exact) mass is 576 g/mol. The van der Waals surface area contributed by atoms with Crippen molar-refractivity contribution in [1.82, 2.24) is 15.5 Å². The van der Waals surface area contributed by atoms with Crippen molar-refractivity contribution in [3.8, 4) is 11.5 Å². The van der Waals surface area contributed by atoms with Gasteiger partial charge in [-0.25, -0.2) is 4.79 Å². The fraction of sp³-hybridized carbons (Fsp3) is 0.212. The van der Waals surface area contributed by atoms with Gasteiger partial charge in [0.05, 0.1) is 25.3 Å². The number of hydrogen-bond donors (Lipinski definition) is 3. The molecule has 5 amide bonds. The molecule has 7 rings (SSSR count). The van der Waals surface area contributed by atoms with Crippen LogP contribution in [0.15, 0.2) is 60.7 Å². The van der Waals surface area contributed by atoms with Crippen LogP contribution in [0.1, 0.15) is 34.3 Å². The lowest BCUT2D eigenvalue weighted by Crippen LogP contribution is -2.52. The lowest BCUT2D eigenvalue weighted by Gasteiger charge is -2.29. The van der Waals surface area contributed by atoms with Gasteiger partial charge in [-0.15, -0.1) is 0 Å². The van der Waals surface area contributed by atoms with E-state index in [1.54, 1.807) is 32.4 Å². The second kappa shape index (κ2) is 10.2. The Morgan fingerprint density at radius 2 is 1.72 bits per heavy atom. The molecule has 2 heterocycles. The Bertz CT molecular complexity index is 1990. The Morgan fingerprint density at radius 1 is 0.930 bits per heavy atom. The molecule has 10 nitrogen and oxygen atoms in total. The Kier molecular flexibility index (Phi) is 6.27. The van der Waals surface area contributed by atoms with Crippen molar-refractivity contribution in [2.75, 3.05) is 19.5 Å². The molecule has 0 aliphatic carbocycles. The number of carbonyl (C=O) groups is 4. The van der Waals surface area contributed by atoms with Crippen molar-refractivity contribution in [3.05, 3.63) is 77.4 Å². The minimum absolute atomic E-state index is 0.201. The zero-order valence-electron chi connectivity index (χ0n) is 23.6. The van der Waals surface area contributed by atoms with E-state index in [0.29, 0.717) is 29.2 Å². The maximum atomic E-state index is 13.2. The van der Waals surface area contributed by atoms with E-state index in [2.05, 4.69) is 22.0 Å². The number of fused-ring (bicyclic) bond motifs is 1. The molecule has 1 atom stereocenters. The third-order valence-corrected chi connectivity index (χ3v) is 8.40. The Hall–Kier alpha value is -5.38. The summed E-state index contributed by atoms with van der Waals surface area (Å²) >= 11 is 0. The maximum Gasteiger partial charge on any atom is 0.319 e. The normalized spacial score (nSPS) is 16.6. The van der Waals surface area contributed by atoms with E-state index < -0.39 is 18.0 Å². The number of nitrogens with one attached hydrogen (secondary N) is 3. The van der Waals surface area contributed by atoms with Gasteiger partial charge in [0, 0.05) is 41.9 Å². The number of ether oxygens (including phenoxy) is 2. The van der Waals surface area contributed by atoms with Crippen LogP contribution in [0.4, 0.5) is 10.5 Å². The van der Waals surface area contributed by atoms with Crippen molar-refractivity contribution in [1.29, 1.82) is 0 Å². The summed E-state index contributed by atoms with van der Waals surface area (Å²) in [5, 5.41) is 14.0. The smallest absolute Gasteiger partial charge is 0.319 e. The van der Waals surface area contributed by atoms with Crippen LogP contribution in [0.25, 0.3) is 32.3 Å². The van der Waals surface area contributed by atoms with E-state index in [9.17, 15) is 19.2 Å². The van der Waals surface area contributed by atoms with Crippen molar-refractivity contribution >= 4 is 61.8 Å². The van der Waals surface area contributed by atoms with Crippen molar-refractivity contribution in [3.63, 3.8) is 0 Å². The van der Waals surface area contributed by atoms with E-state index in [-0.39, 0.29) is 31.3 Å². The summed E-state index contributed by atoms with van der Waals surface area (Å²) < 4.78 is 11.5. The van der Waals surface area contributed by atoms with E-state index in [1.165, 1.54) is 4.90 Å². The van der Waals surface area contributed by atoms with Crippen LogP contribution in [-0.2, 0) is 22.7 Å². The van der Waals surface area contributed by atoms with E-state index in [1.807, 2.05) is 36.4 Å². The molecule has 1 fully saturated rings. The predicted octanol–water partition coefficient (Wildman–Crippen LogP) is 4.68. The summed E-state index contributed by atoms with van der Waals surface area (Å²) in [6.45, 7) is 0.495. The van der Waals surface area contributed by atoms with Gasteiger partial charge in [0.1, 0.15) is 17.5 Å². The number of amides is 5. The molecular formula is C33H28N4O6. The van der Waals surface area contributed by atoms with Crippen LogP contribution in [0.5, 0.6) is 11.5 Å². The largest absolute Gasteiger partial charge is 0.496 e. The predicted molar refractivity (Wildman–Crippen MR) is 162 cm³/mol. The lowest BCUT2D eigenvalue weighted by atomic mass is 9.92. The summed E-state index contributed by atoms with van der Waals surface area (Å²) in [6.07, 6.45) is 0.506. The highest BCUT2D eigenvalue weighted by Crippen LogP contribution is 2.46. The highest BCUT2D eigenvalue weighted by molar-refractivity contribution is 6.28. The number of imide groups is 1. The maximum absolute atomic E-state index is 13.2. The molecule has 0 spiro atoms. The molecule has 10 heteroatoms. The summed E-state index contributed by atoms with van der Waals surface area (Å²) in [5.41, 5.74) is 2.71. The average Bonchev–Trinajstić information content (AvgIpc) is 3.33. The second-order valence-electron chi connectivity index (χ2n) is 10.8. The van der Waals surface area contributed by atoms with Gasteiger partial charge in [-0.3, -0.25) is 19.7 Å². The van der Waals surface area contributed by atoms with Crippen LogP contribution in [0.2, 0.25) is 0 Å². The summed E-state index contributed by atoms with van der Waals surface area (Å²) in [4.78, 5) is 51.5. The number of hydrogen-bond acceptors (Lipinski definition) is 6. The topological polar surface area (TPSA) is 126 Å². The first-order chi connectivity index (χ1) is 20.9. The minimum Gasteiger partial charge on any atom is -0.496 e. The molecule has 43 heavy (non-hydrogen) atoms. The number of carbonyl (C=O) groups excluding carboxylic acids is 4. The molecule has 2 aliphatic rings. The molecule has 0 aromatic heterocycles. The zero-order valence-corrected chi connectivity index (χ0v) is 23.6. The van der Waals surface area contributed by atoms with Gasteiger partial charge in [0.25, 0.3) is 5.91 Å². The summed E-state index contributed by atoms with van der Waals surface area (Å²) in [5.74, 6) is 0.272. The fourth-order valence-electron chi connectivity index (χ4n) is 6.39. The van der Waals surface area contributed by atoms with Gasteiger partial charge < -0.3 is 25.0 Å². The lowest BCUT2D eigenvalue weighted by molar-refractivity contribution is -0.136. The second-order valence-corrected chi connectivity index (χ2v) is 10.8. The number of urea groups is 1. The molecular weight excluding hydrogens is 548 g/mol. The fourth-order valence-corrected chi connectivity index (χ4v) is 6.39. The van der Waals surface area contributed by atoms with Gasteiger partial charge in [-0.05, 0) is 45.8 Å². The average molecular weight is 577 g/mol. The van der Waals surface area contributed by atoms with Crippen LogP contribution in [0, 0.1) is 0 Å². The summed E-state index contributed by atoms with van der Waals surface area (Å²) in [6, 6.07) is 18.2. The summed E-state index contributed by atoms with van der Waals surface area (Å²) in [7, 11) is 3.22. The molecule has 3 N–H and O–H groups in total. The number of nitrogens with zero attached hydrogens (tertiary/aromatic N) is 1. The van der Waals surface area contributed by atoms with Gasteiger partial charge >= 0.3 is 6.03 Å². The van der Waals surface area contributed by atoms with E-state index >= 15 is 0 Å². The highest BCUT2D eigenvalue weighted by atomic mass is 16.5. The van der Waals surface area contributed by atoms with Crippen molar-refractivity contribution < 1.29 is 28.7 Å². The third kappa shape index (κ3) is 4.34. The Balaban J connectivity index is 1.12.